The van der Waals surface area contributed by atoms with Gasteiger partial charge in [-0.05, 0) is 49.8 Å². The van der Waals surface area contributed by atoms with E-state index >= 15 is 0 Å². The third-order valence-electron chi connectivity index (χ3n) is 7.14. The van der Waals surface area contributed by atoms with Gasteiger partial charge in [-0.1, -0.05) is 18.6 Å². The van der Waals surface area contributed by atoms with Crippen molar-refractivity contribution in [2.24, 2.45) is 11.8 Å². The molecule has 2 heterocycles. The summed E-state index contributed by atoms with van der Waals surface area (Å²) in [5.41, 5.74) is 1.95. The van der Waals surface area contributed by atoms with E-state index in [2.05, 4.69) is 19.9 Å². The molecule has 2 aliphatic rings. The average molecular weight is 494 g/mol. The summed E-state index contributed by atoms with van der Waals surface area (Å²) in [5, 5.41) is -0.0537. The maximum Gasteiger partial charge on any atom is 0.239 e. The molecular formula is C25H27N5O4S. The number of carbonyl (C=O) groups is 1. The number of ether oxygens (including phenoxy) is 1. The molecular weight excluding hydrogens is 466 g/mol. The fourth-order valence-corrected chi connectivity index (χ4v) is 6.05. The molecule has 0 N–H and O–H groups in total. The molecule has 1 amide bonds. The Bertz CT molecular complexity index is 1370. The van der Waals surface area contributed by atoms with Gasteiger partial charge in [0.25, 0.3) is 0 Å². The van der Waals surface area contributed by atoms with E-state index in [4.69, 9.17) is 4.74 Å². The second kappa shape index (κ2) is 8.67. The van der Waals surface area contributed by atoms with Crippen LogP contribution in [0.1, 0.15) is 31.9 Å². The number of benzene rings is 1. The van der Waals surface area contributed by atoms with Gasteiger partial charge >= 0.3 is 0 Å². The maximum absolute atomic E-state index is 14.0. The van der Waals surface area contributed by atoms with Crippen molar-refractivity contribution < 1.29 is 17.9 Å². The number of anilines is 1. The molecule has 9 nitrogen and oxygen atoms in total. The van der Waals surface area contributed by atoms with E-state index in [0.29, 0.717) is 23.9 Å². The van der Waals surface area contributed by atoms with Crippen molar-refractivity contribution in [2.45, 2.75) is 36.6 Å². The molecule has 0 bridgehead atoms. The lowest BCUT2D eigenvalue weighted by Crippen LogP contribution is -2.40. The molecule has 2 aliphatic carbocycles. The smallest absolute Gasteiger partial charge is 0.239 e. The predicted molar refractivity (Wildman–Crippen MR) is 130 cm³/mol. The molecule has 0 saturated heterocycles. The summed E-state index contributed by atoms with van der Waals surface area (Å²) in [4.78, 5) is 32.6. The van der Waals surface area contributed by atoms with Crippen molar-refractivity contribution in [1.82, 2.24) is 19.9 Å². The van der Waals surface area contributed by atoms with E-state index in [1.54, 1.807) is 24.3 Å². The van der Waals surface area contributed by atoms with E-state index in [1.165, 1.54) is 12.4 Å². The SMILES string of the molecule is CCOc1cncc(-c2ccc(N(C)C(=O)C3(c4cc(S(C)(=O)=O)ncn4)[C@@H]4CCC[C@@H]43)cc2)n1. The van der Waals surface area contributed by atoms with Gasteiger partial charge in [-0.2, -0.15) is 0 Å². The van der Waals surface area contributed by atoms with Gasteiger partial charge in [-0.15, -0.1) is 0 Å². The van der Waals surface area contributed by atoms with Gasteiger partial charge in [0.1, 0.15) is 6.33 Å². The van der Waals surface area contributed by atoms with Gasteiger partial charge in [0.2, 0.25) is 11.8 Å². The van der Waals surface area contributed by atoms with E-state index in [-0.39, 0.29) is 22.8 Å². The fraction of sp³-hybridized carbons (Fsp3) is 0.400. The Morgan fingerprint density at radius 2 is 1.86 bits per heavy atom. The Morgan fingerprint density at radius 1 is 1.14 bits per heavy atom. The molecule has 3 atom stereocenters. The van der Waals surface area contributed by atoms with E-state index in [0.717, 1.165) is 36.8 Å². The first-order valence-electron chi connectivity index (χ1n) is 11.6. The van der Waals surface area contributed by atoms with Gasteiger partial charge in [-0.3, -0.25) is 9.78 Å². The summed E-state index contributed by atoms with van der Waals surface area (Å²) in [6, 6.07) is 9.01. The molecule has 5 rings (SSSR count). The van der Waals surface area contributed by atoms with Crippen LogP contribution in [0, 0.1) is 11.8 Å². The van der Waals surface area contributed by atoms with Crippen molar-refractivity contribution in [2.75, 3.05) is 24.8 Å². The zero-order valence-corrected chi connectivity index (χ0v) is 20.7. The fourth-order valence-electron chi connectivity index (χ4n) is 5.48. The van der Waals surface area contributed by atoms with Crippen LogP contribution in [-0.4, -0.2) is 54.2 Å². The summed E-state index contributed by atoms with van der Waals surface area (Å²) < 4.78 is 29.7. The highest BCUT2D eigenvalue weighted by molar-refractivity contribution is 7.90. The molecule has 0 aliphatic heterocycles. The van der Waals surface area contributed by atoms with E-state index < -0.39 is 15.3 Å². The second-order valence-electron chi connectivity index (χ2n) is 9.11. The number of aromatic nitrogens is 4. The summed E-state index contributed by atoms with van der Waals surface area (Å²) in [6.45, 7) is 2.39. The monoisotopic (exact) mass is 493 g/mol. The van der Waals surface area contributed by atoms with Crippen LogP contribution in [0.4, 0.5) is 5.69 Å². The van der Waals surface area contributed by atoms with Crippen LogP contribution in [0.15, 0.2) is 54.1 Å². The Balaban J connectivity index is 1.45. The molecule has 10 heteroatoms. The van der Waals surface area contributed by atoms with Crippen molar-refractivity contribution >= 4 is 21.4 Å². The molecule has 0 radical (unpaired) electrons. The minimum Gasteiger partial charge on any atom is -0.477 e. The van der Waals surface area contributed by atoms with Crippen LogP contribution in [0.25, 0.3) is 11.3 Å². The number of hydrogen-bond donors (Lipinski definition) is 0. The normalized spacial score (nSPS) is 22.9. The molecule has 2 aromatic heterocycles. The quantitative estimate of drug-likeness (QED) is 0.461. The van der Waals surface area contributed by atoms with Crippen LogP contribution < -0.4 is 9.64 Å². The van der Waals surface area contributed by atoms with Crippen LogP contribution in [0.2, 0.25) is 0 Å². The van der Waals surface area contributed by atoms with Crippen molar-refractivity contribution in [3.8, 4) is 17.1 Å². The third kappa shape index (κ3) is 3.95. The van der Waals surface area contributed by atoms with Crippen LogP contribution in [0.5, 0.6) is 5.88 Å². The van der Waals surface area contributed by atoms with Gasteiger partial charge < -0.3 is 9.64 Å². The number of likely N-dealkylation sites (N-methyl/N-ethyl adjacent to an activating group) is 1. The molecule has 1 unspecified atom stereocenters. The summed E-state index contributed by atoms with van der Waals surface area (Å²) in [7, 11) is -1.76. The molecule has 0 spiro atoms. The van der Waals surface area contributed by atoms with Gasteiger partial charge in [0.05, 0.1) is 35.8 Å². The maximum atomic E-state index is 14.0. The number of hydrogen-bond acceptors (Lipinski definition) is 8. The number of sulfone groups is 1. The Kier molecular flexibility index (Phi) is 5.79. The average Bonchev–Trinajstić information content (AvgIpc) is 3.22. The lowest BCUT2D eigenvalue weighted by atomic mass is 9.89. The number of fused-ring (bicyclic) bond motifs is 1. The molecule has 35 heavy (non-hydrogen) atoms. The second-order valence-corrected chi connectivity index (χ2v) is 11.1. The molecule has 3 aromatic rings. The molecule has 2 saturated carbocycles. The Hall–Kier alpha value is -3.40. The number of carbonyl (C=O) groups excluding carboxylic acids is 1. The van der Waals surface area contributed by atoms with Gasteiger partial charge in [-0.25, -0.2) is 23.4 Å². The predicted octanol–water partition coefficient (Wildman–Crippen LogP) is 3.07. The minimum absolute atomic E-state index is 0.0537. The highest BCUT2D eigenvalue weighted by atomic mass is 32.2. The third-order valence-corrected chi connectivity index (χ3v) is 8.12. The first kappa shape index (κ1) is 23.3. The lowest BCUT2D eigenvalue weighted by molar-refractivity contribution is -0.121. The highest BCUT2D eigenvalue weighted by Gasteiger charge is 2.72. The number of amides is 1. The lowest BCUT2D eigenvalue weighted by Gasteiger charge is -2.27. The number of rotatable bonds is 7. The van der Waals surface area contributed by atoms with Crippen LogP contribution >= 0.6 is 0 Å². The van der Waals surface area contributed by atoms with Crippen LogP contribution in [0.3, 0.4) is 0 Å². The number of nitrogens with zero attached hydrogens (tertiary/aromatic N) is 5. The van der Waals surface area contributed by atoms with Gasteiger partial charge in [0, 0.05) is 24.6 Å². The van der Waals surface area contributed by atoms with Crippen LogP contribution in [-0.2, 0) is 20.0 Å². The summed E-state index contributed by atoms with van der Waals surface area (Å²) in [5.74, 6) is 0.712. The van der Waals surface area contributed by atoms with Crippen molar-refractivity contribution in [3.63, 3.8) is 0 Å². The molecule has 1 aromatic carbocycles. The highest BCUT2D eigenvalue weighted by Crippen LogP contribution is 2.68. The Morgan fingerprint density at radius 3 is 2.51 bits per heavy atom. The first-order chi connectivity index (χ1) is 16.8. The molecule has 2 fully saturated rings. The zero-order valence-electron chi connectivity index (χ0n) is 19.9. The minimum atomic E-state index is -3.51. The largest absolute Gasteiger partial charge is 0.477 e. The topological polar surface area (TPSA) is 115 Å². The van der Waals surface area contributed by atoms with E-state index in [9.17, 15) is 13.2 Å². The summed E-state index contributed by atoms with van der Waals surface area (Å²) >= 11 is 0. The Labute approximate surface area is 204 Å². The first-order valence-corrected chi connectivity index (χ1v) is 13.5. The van der Waals surface area contributed by atoms with Gasteiger partial charge in [0.15, 0.2) is 14.9 Å². The van der Waals surface area contributed by atoms with Crippen molar-refractivity contribution in [3.05, 3.63) is 54.7 Å². The molecule has 182 valence electrons. The standard InChI is InChI=1S/C25H27N5O4S/c1-4-34-22-14-26-13-20(29-22)16-8-10-17(11-9-16)30(2)24(31)25(18-6-5-7-19(18)25)21-12-23(28-15-27-21)35(3,32)33/h8-15,18-19H,4-7H2,1-3H3/t18-,19+,25?. The zero-order chi connectivity index (χ0) is 24.8. The summed E-state index contributed by atoms with van der Waals surface area (Å²) in [6.07, 6.45) is 8.52. The van der Waals surface area contributed by atoms with E-state index in [1.807, 2.05) is 31.2 Å². The van der Waals surface area contributed by atoms with Crippen molar-refractivity contribution in [1.29, 1.82) is 0 Å².